The fourth-order valence-corrected chi connectivity index (χ4v) is 2.69. The monoisotopic (exact) mass is 314 g/mol. The molecule has 0 amide bonds. The molecular formula is C16H27ClN2O2. The first-order valence-corrected chi connectivity index (χ1v) is 7.66. The summed E-state index contributed by atoms with van der Waals surface area (Å²) in [6.07, 6.45) is 0.748. The fraction of sp³-hybridized carbons (Fsp3) is 0.625. The van der Waals surface area contributed by atoms with Gasteiger partial charge >= 0.3 is 0 Å². The zero-order valence-electron chi connectivity index (χ0n) is 13.4. The highest BCUT2D eigenvalue weighted by Crippen LogP contribution is 2.30. The third-order valence-corrected chi connectivity index (χ3v) is 3.76. The molecule has 1 aromatic carbocycles. The molecule has 0 heterocycles. The van der Waals surface area contributed by atoms with Crippen LogP contribution in [0.15, 0.2) is 18.2 Å². The van der Waals surface area contributed by atoms with E-state index in [1.807, 2.05) is 19.1 Å². The topological polar surface area (TPSA) is 47.7 Å². The number of ether oxygens (including phenoxy) is 2. The second-order valence-electron chi connectivity index (χ2n) is 5.41. The van der Waals surface area contributed by atoms with Crippen molar-refractivity contribution in [1.82, 2.24) is 0 Å². The van der Waals surface area contributed by atoms with Gasteiger partial charge in [-0.05, 0) is 38.0 Å². The quantitative estimate of drug-likeness (QED) is 0.761. The molecule has 0 aliphatic rings. The Morgan fingerprint density at radius 3 is 2.52 bits per heavy atom. The van der Waals surface area contributed by atoms with Gasteiger partial charge in [-0.25, -0.2) is 0 Å². The number of nitrogens with zero attached hydrogens (tertiary/aromatic N) is 1. The lowest BCUT2D eigenvalue weighted by Gasteiger charge is -2.33. The van der Waals surface area contributed by atoms with Gasteiger partial charge < -0.3 is 20.1 Å². The van der Waals surface area contributed by atoms with E-state index in [1.54, 1.807) is 14.2 Å². The fourth-order valence-electron chi connectivity index (χ4n) is 2.44. The van der Waals surface area contributed by atoms with E-state index >= 15 is 0 Å². The third kappa shape index (κ3) is 5.47. The second kappa shape index (κ2) is 9.26. The normalized spacial score (nSPS) is 14.0. The van der Waals surface area contributed by atoms with Gasteiger partial charge in [0.25, 0.3) is 0 Å². The lowest BCUT2D eigenvalue weighted by Crippen LogP contribution is -2.39. The van der Waals surface area contributed by atoms with Crippen molar-refractivity contribution in [2.24, 2.45) is 5.73 Å². The molecule has 0 aliphatic heterocycles. The van der Waals surface area contributed by atoms with Gasteiger partial charge in [-0.3, -0.25) is 0 Å². The highest BCUT2D eigenvalue weighted by molar-refractivity contribution is 6.31. The summed E-state index contributed by atoms with van der Waals surface area (Å²) in [7, 11) is 3.42. The van der Waals surface area contributed by atoms with Crippen LogP contribution in [0.2, 0.25) is 5.02 Å². The highest BCUT2D eigenvalue weighted by atomic mass is 35.5. The van der Waals surface area contributed by atoms with Crippen LogP contribution in [0.5, 0.6) is 0 Å². The van der Waals surface area contributed by atoms with E-state index in [-0.39, 0.29) is 12.1 Å². The van der Waals surface area contributed by atoms with E-state index < -0.39 is 0 Å². The van der Waals surface area contributed by atoms with Crippen molar-refractivity contribution in [2.45, 2.75) is 32.4 Å². The van der Waals surface area contributed by atoms with Gasteiger partial charge in [-0.2, -0.15) is 0 Å². The number of benzene rings is 1. The molecule has 0 saturated heterocycles. The molecule has 0 spiro atoms. The van der Waals surface area contributed by atoms with E-state index in [0.717, 1.165) is 29.2 Å². The van der Waals surface area contributed by atoms with Crippen molar-refractivity contribution in [1.29, 1.82) is 0 Å². The van der Waals surface area contributed by atoms with Gasteiger partial charge in [0.2, 0.25) is 0 Å². The van der Waals surface area contributed by atoms with Gasteiger partial charge in [-0.1, -0.05) is 17.7 Å². The maximum Gasteiger partial charge on any atom is 0.0663 e. The Bertz CT molecular complexity index is 427. The van der Waals surface area contributed by atoms with Gasteiger partial charge in [0.1, 0.15) is 0 Å². The van der Waals surface area contributed by atoms with E-state index in [9.17, 15) is 0 Å². The Labute approximate surface area is 133 Å². The summed E-state index contributed by atoms with van der Waals surface area (Å²) < 4.78 is 10.5. The Morgan fingerprint density at radius 2 is 1.95 bits per heavy atom. The molecule has 2 unspecified atom stereocenters. The highest BCUT2D eigenvalue weighted by Gasteiger charge is 2.19. The van der Waals surface area contributed by atoms with Gasteiger partial charge in [-0.15, -0.1) is 0 Å². The smallest absolute Gasteiger partial charge is 0.0663 e. The minimum atomic E-state index is 0.0608. The number of hydrogen-bond acceptors (Lipinski definition) is 4. The Hall–Kier alpha value is -0.810. The number of halogens is 1. The molecule has 1 rings (SSSR count). The molecule has 120 valence electrons. The number of anilines is 1. The molecule has 0 saturated carbocycles. The lowest BCUT2D eigenvalue weighted by molar-refractivity contribution is 0.171. The van der Waals surface area contributed by atoms with Gasteiger partial charge in [0.15, 0.2) is 0 Å². The number of rotatable bonds is 9. The molecule has 2 N–H and O–H groups in total. The SMILES string of the molecule is COCCN(c1cccc(Cl)c1CC(C)N)C(C)COC. The third-order valence-electron chi connectivity index (χ3n) is 3.41. The molecular weight excluding hydrogens is 288 g/mol. The van der Waals surface area contributed by atoms with Crippen molar-refractivity contribution < 1.29 is 9.47 Å². The maximum absolute atomic E-state index is 6.39. The second-order valence-corrected chi connectivity index (χ2v) is 5.82. The zero-order valence-corrected chi connectivity index (χ0v) is 14.2. The Kier molecular flexibility index (Phi) is 8.04. The predicted octanol–water partition coefficient (Wildman–Crippen LogP) is 2.72. The summed E-state index contributed by atoms with van der Waals surface area (Å²) in [5, 5.41) is 0.761. The summed E-state index contributed by atoms with van der Waals surface area (Å²) in [5.74, 6) is 0. The first-order chi connectivity index (χ1) is 10.0. The van der Waals surface area contributed by atoms with Crippen LogP contribution >= 0.6 is 11.6 Å². The van der Waals surface area contributed by atoms with E-state index in [4.69, 9.17) is 26.8 Å². The number of hydrogen-bond donors (Lipinski definition) is 1. The standard InChI is InChI=1S/C16H27ClN2O2/c1-12(18)10-14-15(17)6-5-7-16(14)19(8-9-20-3)13(2)11-21-4/h5-7,12-13H,8-11,18H2,1-4H3. The lowest BCUT2D eigenvalue weighted by atomic mass is 10.0. The molecule has 5 heteroatoms. The number of methoxy groups -OCH3 is 2. The van der Waals surface area contributed by atoms with Crippen LogP contribution in [0.4, 0.5) is 5.69 Å². The van der Waals surface area contributed by atoms with Crippen LogP contribution in [-0.4, -0.2) is 46.1 Å². The molecule has 0 bridgehead atoms. The van der Waals surface area contributed by atoms with E-state index in [0.29, 0.717) is 13.2 Å². The van der Waals surface area contributed by atoms with Crippen LogP contribution in [0.3, 0.4) is 0 Å². The summed E-state index contributed by atoms with van der Waals surface area (Å²) in [6, 6.07) is 6.27. The molecule has 1 aromatic rings. The molecule has 0 aliphatic carbocycles. The van der Waals surface area contributed by atoms with Crippen LogP contribution in [0.25, 0.3) is 0 Å². The molecule has 4 nitrogen and oxygen atoms in total. The summed E-state index contributed by atoms with van der Waals surface area (Å²) in [4.78, 5) is 2.27. The van der Waals surface area contributed by atoms with Crippen molar-refractivity contribution in [3.05, 3.63) is 28.8 Å². The Morgan fingerprint density at radius 1 is 1.24 bits per heavy atom. The number of nitrogens with two attached hydrogens (primary N) is 1. The van der Waals surface area contributed by atoms with E-state index in [1.165, 1.54) is 0 Å². The van der Waals surface area contributed by atoms with Crippen LogP contribution in [-0.2, 0) is 15.9 Å². The minimum absolute atomic E-state index is 0.0608. The van der Waals surface area contributed by atoms with Gasteiger partial charge in [0.05, 0.1) is 13.2 Å². The molecule has 0 fully saturated rings. The van der Waals surface area contributed by atoms with Crippen LogP contribution in [0, 0.1) is 0 Å². The minimum Gasteiger partial charge on any atom is -0.383 e. The molecule has 2 atom stereocenters. The van der Waals surface area contributed by atoms with E-state index in [2.05, 4.69) is 17.9 Å². The van der Waals surface area contributed by atoms with Crippen molar-refractivity contribution in [2.75, 3.05) is 38.9 Å². The molecule has 0 aromatic heterocycles. The summed E-state index contributed by atoms with van der Waals surface area (Å²) in [5.41, 5.74) is 8.17. The van der Waals surface area contributed by atoms with Crippen molar-refractivity contribution in [3.63, 3.8) is 0 Å². The summed E-state index contributed by atoms with van der Waals surface area (Å²) in [6.45, 7) is 6.21. The first kappa shape index (κ1) is 18.2. The first-order valence-electron chi connectivity index (χ1n) is 7.28. The maximum atomic E-state index is 6.39. The largest absolute Gasteiger partial charge is 0.383 e. The van der Waals surface area contributed by atoms with Crippen molar-refractivity contribution in [3.8, 4) is 0 Å². The average molecular weight is 315 g/mol. The Balaban J connectivity index is 3.12. The molecule has 0 radical (unpaired) electrons. The predicted molar refractivity (Wildman–Crippen MR) is 89.4 cm³/mol. The van der Waals surface area contributed by atoms with Crippen LogP contribution in [0.1, 0.15) is 19.4 Å². The molecule has 21 heavy (non-hydrogen) atoms. The zero-order chi connectivity index (χ0) is 15.8. The van der Waals surface area contributed by atoms with Crippen molar-refractivity contribution >= 4 is 17.3 Å². The van der Waals surface area contributed by atoms with Crippen LogP contribution < -0.4 is 10.6 Å². The average Bonchev–Trinajstić information content (AvgIpc) is 2.42. The summed E-state index contributed by atoms with van der Waals surface area (Å²) >= 11 is 6.39. The van der Waals surface area contributed by atoms with Gasteiger partial charge in [0, 0.05) is 43.6 Å².